The molecule has 1 aromatic heterocycles. The van der Waals surface area contributed by atoms with Gasteiger partial charge in [-0.1, -0.05) is 13.8 Å². The highest BCUT2D eigenvalue weighted by atomic mass is 16.3. The van der Waals surface area contributed by atoms with Crippen LogP contribution in [0.15, 0.2) is 6.07 Å². The van der Waals surface area contributed by atoms with Gasteiger partial charge in [0.1, 0.15) is 0 Å². The molecule has 1 fully saturated rings. The van der Waals surface area contributed by atoms with Gasteiger partial charge >= 0.3 is 0 Å². The fourth-order valence-electron chi connectivity index (χ4n) is 3.35. The number of hydrogen-bond donors (Lipinski definition) is 2. The first-order valence-electron chi connectivity index (χ1n) is 7.22. The summed E-state index contributed by atoms with van der Waals surface area (Å²) in [5, 5.41) is 14.1. The molecule has 3 rings (SSSR count). The van der Waals surface area contributed by atoms with Crippen LogP contribution in [0.2, 0.25) is 0 Å². The van der Waals surface area contributed by atoms with E-state index >= 15 is 0 Å². The summed E-state index contributed by atoms with van der Waals surface area (Å²) < 4.78 is 2.09. The fraction of sp³-hybridized carbons (Fsp3) is 0.786. The summed E-state index contributed by atoms with van der Waals surface area (Å²) in [6.07, 6.45) is 1.68. The summed E-state index contributed by atoms with van der Waals surface area (Å²) in [6, 6.07) is 2.10. The first-order valence-corrected chi connectivity index (χ1v) is 7.22. The van der Waals surface area contributed by atoms with Crippen molar-refractivity contribution >= 4 is 0 Å². The Hall–Kier alpha value is -0.910. The molecule has 5 nitrogen and oxygen atoms in total. The van der Waals surface area contributed by atoms with E-state index in [1.54, 1.807) is 0 Å². The van der Waals surface area contributed by atoms with Crippen molar-refractivity contribution < 1.29 is 5.11 Å². The monoisotopic (exact) mass is 266 g/mol. The van der Waals surface area contributed by atoms with Crippen LogP contribution in [-0.4, -0.2) is 39.5 Å². The van der Waals surface area contributed by atoms with Crippen LogP contribution in [0.4, 0.5) is 0 Å². The summed E-state index contributed by atoms with van der Waals surface area (Å²) in [5.41, 5.74) is 8.07. The lowest BCUT2D eigenvalue weighted by Crippen LogP contribution is -2.49. The number of aliphatic hydroxyl groups is 1. The van der Waals surface area contributed by atoms with Gasteiger partial charge in [0, 0.05) is 31.6 Å². The number of fused-ring (bicyclic) bond motifs is 1. The van der Waals surface area contributed by atoms with E-state index in [1.807, 2.05) is 13.8 Å². The van der Waals surface area contributed by atoms with E-state index in [9.17, 15) is 5.11 Å². The van der Waals surface area contributed by atoms with Gasteiger partial charge in [-0.3, -0.25) is 9.58 Å². The largest absolute Gasteiger partial charge is 0.393 e. The quantitative estimate of drug-likeness (QED) is 0.794. The first kappa shape index (κ1) is 14.5. The topological polar surface area (TPSA) is 67.3 Å². The van der Waals surface area contributed by atoms with E-state index in [0.29, 0.717) is 6.54 Å². The molecule has 0 unspecified atom stereocenters. The molecule has 19 heavy (non-hydrogen) atoms. The summed E-state index contributed by atoms with van der Waals surface area (Å²) >= 11 is 0. The number of nitrogens with two attached hydrogens (primary N) is 1. The van der Waals surface area contributed by atoms with Crippen molar-refractivity contribution in [2.75, 3.05) is 13.6 Å². The smallest absolute Gasteiger partial charge is 0.0763 e. The first-order chi connectivity index (χ1) is 9.10. The average molecular weight is 266 g/mol. The van der Waals surface area contributed by atoms with Crippen LogP contribution in [0.25, 0.3) is 0 Å². The normalized spacial score (nSPS) is 30.1. The Balaban J connectivity index is 0.000000637. The molecule has 0 saturated heterocycles. The van der Waals surface area contributed by atoms with Crippen molar-refractivity contribution in [3.63, 3.8) is 0 Å². The highest BCUT2D eigenvalue weighted by Gasteiger charge is 2.46. The second-order valence-corrected chi connectivity index (χ2v) is 5.72. The Bertz CT molecular complexity index is 423. The molecule has 0 aromatic carbocycles. The van der Waals surface area contributed by atoms with E-state index in [1.165, 1.54) is 5.69 Å². The second-order valence-electron chi connectivity index (χ2n) is 5.72. The van der Waals surface area contributed by atoms with E-state index < -0.39 is 0 Å². The third-order valence-corrected chi connectivity index (χ3v) is 3.98. The SMILES string of the molecule is CC.CN1Cc2cc(CN)nn2CC2(CC(O)C2)C1. The molecule has 0 atom stereocenters. The van der Waals surface area contributed by atoms with E-state index in [0.717, 1.165) is 38.2 Å². The number of hydrogen-bond acceptors (Lipinski definition) is 4. The Kier molecular flexibility index (Phi) is 4.28. The molecule has 1 spiro atoms. The second kappa shape index (κ2) is 5.61. The van der Waals surface area contributed by atoms with Crippen LogP contribution < -0.4 is 5.73 Å². The number of nitrogens with zero attached hydrogens (tertiary/aromatic N) is 3. The van der Waals surface area contributed by atoms with Gasteiger partial charge in [-0.05, 0) is 26.0 Å². The minimum atomic E-state index is -0.116. The Morgan fingerprint density at radius 3 is 2.68 bits per heavy atom. The van der Waals surface area contributed by atoms with E-state index in [-0.39, 0.29) is 11.5 Å². The maximum Gasteiger partial charge on any atom is 0.0763 e. The molecule has 3 N–H and O–H groups in total. The van der Waals surface area contributed by atoms with Crippen LogP contribution in [0.3, 0.4) is 0 Å². The zero-order chi connectivity index (χ0) is 14.0. The summed E-state index contributed by atoms with van der Waals surface area (Å²) in [5.74, 6) is 0. The Morgan fingerprint density at radius 1 is 1.42 bits per heavy atom. The van der Waals surface area contributed by atoms with Crippen molar-refractivity contribution in [2.24, 2.45) is 11.1 Å². The van der Waals surface area contributed by atoms with Crippen molar-refractivity contribution in [3.05, 3.63) is 17.5 Å². The molecule has 1 aliphatic carbocycles. The third kappa shape index (κ3) is 2.83. The van der Waals surface area contributed by atoms with Gasteiger partial charge in [-0.25, -0.2) is 0 Å². The standard InChI is InChI=1S/C12H20N4O.C2H6/c1-15-6-10-2-9(5-13)14-16(10)8-12(7-15)3-11(17)4-12;1-2/h2,11,17H,3-8,13H2,1H3;1-2H3. The minimum absolute atomic E-state index is 0.116. The number of rotatable bonds is 1. The molecular formula is C14H26N4O. The zero-order valence-corrected chi connectivity index (χ0v) is 12.3. The van der Waals surface area contributed by atoms with Crippen LogP contribution >= 0.6 is 0 Å². The van der Waals surface area contributed by atoms with Gasteiger partial charge < -0.3 is 10.8 Å². The molecule has 5 heteroatoms. The predicted molar refractivity (Wildman–Crippen MR) is 75.5 cm³/mol. The Labute approximate surface area is 115 Å². The predicted octanol–water partition coefficient (Wildman–Crippen LogP) is 0.954. The van der Waals surface area contributed by atoms with Crippen LogP contribution in [0.5, 0.6) is 0 Å². The molecule has 1 saturated carbocycles. The molecule has 0 radical (unpaired) electrons. The summed E-state index contributed by atoms with van der Waals surface area (Å²) in [7, 11) is 2.14. The lowest BCUT2D eigenvalue weighted by molar-refractivity contribution is -0.0557. The summed E-state index contributed by atoms with van der Waals surface area (Å²) in [4.78, 5) is 2.33. The highest BCUT2D eigenvalue weighted by Crippen LogP contribution is 2.44. The van der Waals surface area contributed by atoms with Gasteiger partial charge in [0.15, 0.2) is 0 Å². The average Bonchev–Trinajstić information content (AvgIpc) is 2.66. The molecule has 2 aliphatic rings. The van der Waals surface area contributed by atoms with Crippen molar-refractivity contribution in [3.8, 4) is 0 Å². The minimum Gasteiger partial charge on any atom is -0.393 e. The molecule has 108 valence electrons. The van der Waals surface area contributed by atoms with E-state index in [4.69, 9.17) is 5.73 Å². The van der Waals surface area contributed by atoms with Crippen molar-refractivity contribution in [2.45, 2.75) is 52.4 Å². The molecule has 1 aliphatic heterocycles. The lowest BCUT2D eigenvalue weighted by Gasteiger charge is -2.46. The van der Waals surface area contributed by atoms with Crippen molar-refractivity contribution in [1.29, 1.82) is 0 Å². The van der Waals surface area contributed by atoms with Gasteiger partial charge in [-0.15, -0.1) is 0 Å². The molecule has 0 bridgehead atoms. The number of aliphatic hydroxyl groups excluding tert-OH is 1. The molecule has 2 heterocycles. The Morgan fingerprint density at radius 2 is 2.11 bits per heavy atom. The maximum absolute atomic E-state index is 9.57. The summed E-state index contributed by atoms with van der Waals surface area (Å²) in [6.45, 7) is 7.39. The fourth-order valence-corrected chi connectivity index (χ4v) is 3.35. The van der Waals surface area contributed by atoms with E-state index in [2.05, 4.69) is 27.8 Å². The maximum atomic E-state index is 9.57. The zero-order valence-electron chi connectivity index (χ0n) is 12.3. The van der Waals surface area contributed by atoms with Crippen LogP contribution in [-0.2, 0) is 19.6 Å². The highest BCUT2D eigenvalue weighted by molar-refractivity contribution is 5.13. The molecular weight excluding hydrogens is 240 g/mol. The van der Waals surface area contributed by atoms with Crippen molar-refractivity contribution in [1.82, 2.24) is 14.7 Å². The molecule has 0 amide bonds. The van der Waals surface area contributed by atoms with Gasteiger partial charge in [0.25, 0.3) is 0 Å². The van der Waals surface area contributed by atoms with Crippen LogP contribution in [0, 0.1) is 5.41 Å². The third-order valence-electron chi connectivity index (χ3n) is 3.98. The number of aromatic nitrogens is 2. The van der Waals surface area contributed by atoms with Gasteiger partial charge in [-0.2, -0.15) is 5.10 Å². The lowest BCUT2D eigenvalue weighted by atomic mass is 9.66. The van der Waals surface area contributed by atoms with Gasteiger partial charge in [0.2, 0.25) is 0 Å². The van der Waals surface area contributed by atoms with Crippen LogP contribution in [0.1, 0.15) is 38.1 Å². The molecule has 1 aromatic rings. The van der Waals surface area contributed by atoms with Gasteiger partial charge in [0.05, 0.1) is 17.5 Å².